The van der Waals surface area contributed by atoms with Crippen molar-refractivity contribution >= 4 is 0 Å². The topological polar surface area (TPSA) is 93.8 Å². The van der Waals surface area contributed by atoms with Crippen LogP contribution < -0.4 is 5.73 Å². The van der Waals surface area contributed by atoms with E-state index < -0.39 is 5.09 Å². The minimum absolute atomic E-state index is 1.12. The lowest BCUT2D eigenvalue weighted by Crippen LogP contribution is -2.50. The molecule has 0 saturated carbocycles. The molecular formula is C14H32N2O3. The number of rotatable bonds is 12. The lowest BCUT2D eigenvalue weighted by atomic mass is 10.1. The molecule has 0 fully saturated rings. The minimum Gasteiger partial charge on any atom is -0.358 e. The summed E-state index contributed by atoms with van der Waals surface area (Å²) in [5.41, 5.74) is 3.87. The minimum atomic E-state index is -1.75. The Labute approximate surface area is 117 Å². The molecular weight excluding hydrogens is 244 g/mol. The Bertz CT molecular complexity index is 162. The highest BCUT2D eigenvalue weighted by Crippen LogP contribution is 2.11. The van der Waals surface area contributed by atoms with Gasteiger partial charge in [-0.1, -0.05) is 71.1 Å². The van der Waals surface area contributed by atoms with E-state index in [2.05, 4.69) is 12.7 Å². The summed E-state index contributed by atoms with van der Waals surface area (Å²) in [6.45, 7) is 3.41. The van der Waals surface area contributed by atoms with Crippen LogP contribution in [-0.4, -0.2) is 11.6 Å². The van der Waals surface area contributed by atoms with E-state index in [1.165, 1.54) is 77.0 Å². The Morgan fingerprint density at radius 2 is 1.00 bits per heavy atom. The Balaban J connectivity index is 0. The van der Waals surface area contributed by atoms with E-state index in [0.29, 0.717) is 0 Å². The van der Waals surface area contributed by atoms with Crippen molar-refractivity contribution in [3.05, 3.63) is 15.3 Å². The monoisotopic (exact) mass is 276 g/mol. The summed E-state index contributed by atoms with van der Waals surface area (Å²) < 4.78 is 0. The molecule has 116 valence electrons. The maximum Gasteiger partial charge on any atom is 0.0739 e. The highest BCUT2D eigenvalue weighted by molar-refractivity contribution is 4.47. The molecule has 5 heteroatoms. The first kappa shape index (κ1) is 20.5. The third kappa shape index (κ3) is 31.7. The number of hydrogen-bond donors (Lipinski definition) is 1. The molecule has 0 spiro atoms. The Morgan fingerprint density at radius 3 is 1.26 bits per heavy atom. The van der Waals surface area contributed by atoms with Gasteiger partial charge in [-0.25, -0.2) is 0 Å². The normalized spacial score (nSPS) is 9.79. The largest absolute Gasteiger partial charge is 0.358 e. The Kier molecular flexibility index (Phi) is 21.0. The van der Waals surface area contributed by atoms with Gasteiger partial charge in [-0.3, -0.25) is 0 Å². The van der Waals surface area contributed by atoms with Crippen molar-refractivity contribution in [2.24, 2.45) is 0 Å². The first-order valence-electron chi connectivity index (χ1n) is 7.75. The Hall–Kier alpha value is -0.840. The van der Waals surface area contributed by atoms with Crippen LogP contribution in [0, 0.1) is 15.3 Å². The van der Waals surface area contributed by atoms with Crippen LogP contribution >= 0.6 is 0 Å². The smallest absolute Gasteiger partial charge is 0.0739 e. The van der Waals surface area contributed by atoms with Crippen LogP contribution in [-0.2, 0) is 0 Å². The van der Waals surface area contributed by atoms with Crippen molar-refractivity contribution in [3.8, 4) is 0 Å². The van der Waals surface area contributed by atoms with Crippen molar-refractivity contribution in [1.82, 2.24) is 0 Å². The summed E-state index contributed by atoms with van der Waals surface area (Å²) in [5, 5.41) is 14.8. The van der Waals surface area contributed by atoms with Gasteiger partial charge in [0.2, 0.25) is 0 Å². The van der Waals surface area contributed by atoms with Crippen LogP contribution in [0.25, 0.3) is 0 Å². The first-order chi connectivity index (χ1) is 9.15. The highest BCUT2D eigenvalue weighted by atomic mass is 16.9. The fourth-order valence-corrected chi connectivity index (χ4v) is 2.02. The fourth-order valence-electron chi connectivity index (χ4n) is 2.02. The van der Waals surface area contributed by atoms with Crippen LogP contribution in [0.15, 0.2) is 0 Å². The zero-order valence-electron chi connectivity index (χ0n) is 12.6. The van der Waals surface area contributed by atoms with Crippen molar-refractivity contribution in [2.45, 2.75) is 84.0 Å². The van der Waals surface area contributed by atoms with Crippen molar-refractivity contribution in [2.75, 3.05) is 6.54 Å². The average Bonchev–Trinajstić information content (AvgIpc) is 2.35. The second-order valence-corrected chi connectivity index (χ2v) is 4.97. The van der Waals surface area contributed by atoms with Gasteiger partial charge in [-0.2, -0.15) is 0 Å². The number of hydrogen-bond acceptors (Lipinski definition) is 3. The van der Waals surface area contributed by atoms with E-state index in [1.807, 2.05) is 0 Å². The molecule has 0 saturated heterocycles. The van der Waals surface area contributed by atoms with Gasteiger partial charge in [-0.15, -0.1) is 0 Å². The molecule has 0 aromatic heterocycles. The SMILES string of the molecule is CCCCCCCCCCCCCC[NH3+].O=[N+]([O-])[O-]. The molecule has 0 aliphatic carbocycles. The molecule has 0 radical (unpaired) electrons. The van der Waals surface area contributed by atoms with E-state index in [1.54, 1.807) is 0 Å². The Morgan fingerprint density at radius 1 is 0.737 bits per heavy atom. The summed E-state index contributed by atoms with van der Waals surface area (Å²) >= 11 is 0. The standard InChI is InChI=1S/C14H31N.NO3/c1-2-3-4-5-6-7-8-9-10-11-12-13-14-15;2-1(3)4/h2-15H2,1H3;/q;-1/p+1. The van der Waals surface area contributed by atoms with Crippen LogP contribution in [0.3, 0.4) is 0 Å². The summed E-state index contributed by atoms with van der Waals surface area (Å²) in [6, 6.07) is 0. The zero-order chi connectivity index (χ0) is 14.8. The molecule has 19 heavy (non-hydrogen) atoms. The molecule has 0 aromatic carbocycles. The van der Waals surface area contributed by atoms with Gasteiger partial charge >= 0.3 is 0 Å². The summed E-state index contributed by atoms with van der Waals surface area (Å²) in [5.74, 6) is 0. The average molecular weight is 276 g/mol. The number of nitrogens with zero attached hydrogens (tertiary/aromatic N) is 1. The second-order valence-electron chi connectivity index (χ2n) is 4.97. The predicted octanol–water partition coefficient (Wildman–Crippen LogP) is 3.69. The zero-order valence-corrected chi connectivity index (χ0v) is 12.6. The van der Waals surface area contributed by atoms with Gasteiger partial charge in [0.1, 0.15) is 0 Å². The van der Waals surface area contributed by atoms with Crippen molar-refractivity contribution in [3.63, 3.8) is 0 Å². The van der Waals surface area contributed by atoms with Gasteiger partial charge < -0.3 is 21.1 Å². The van der Waals surface area contributed by atoms with E-state index >= 15 is 0 Å². The molecule has 5 nitrogen and oxygen atoms in total. The van der Waals surface area contributed by atoms with Crippen LogP contribution in [0.5, 0.6) is 0 Å². The van der Waals surface area contributed by atoms with Gasteiger partial charge in [0.25, 0.3) is 0 Å². The molecule has 0 atom stereocenters. The summed E-state index contributed by atoms with van der Waals surface area (Å²) in [4.78, 5) is 8.25. The van der Waals surface area contributed by atoms with E-state index in [9.17, 15) is 0 Å². The van der Waals surface area contributed by atoms with Crippen molar-refractivity contribution in [1.29, 1.82) is 0 Å². The maximum absolute atomic E-state index is 8.25. The van der Waals surface area contributed by atoms with Crippen LogP contribution in [0.1, 0.15) is 84.0 Å². The lowest BCUT2D eigenvalue weighted by Gasteiger charge is -2.01. The maximum atomic E-state index is 8.25. The summed E-state index contributed by atoms with van der Waals surface area (Å²) in [6.07, 6.45) is 17.2. The first-order valence-corrected chi connectivity index (χ1v) is 7.75. The third-order valence-corrected chi connectivity index (χ3v) is 3.10. The van der Waals surface area contributed by atoms with E-state index in [-0.39, 0.29) is 0 Å². The lowest BCUT2D eigenvalue weighted by molar-refractivity contribution is -0.402. The molecule has 0 heterocycles. The van der Waals surface area contributed by atoms with Gasteiger partial charge in [0.05, 0.1) is 11.6 Å². The van der Waals surface area contributed by atoms with Crippen LogP contribution in [0.4, 0.5) is 0 Å². The molecule has 0 rings (SSSR count). The molecule has 0 aromatic rings. The van der Waals surface area contributed by atoms with Gasteiger partial charge in [0, 0.05) is 0 Å². The fraction of sp³-hybridized carbons (Fsp3) is 1.00. The molecule has 0 amide bonds. The molecule has 0 bridgehead atoms. The molecule has 0 unspecified atom stereocenters. The van der Waals surface area contributed by atoms with Gasteiger partial charge in [-0.05, 0) is 12.8 Å². The highest BCUT2D eigenvalue weighted by Gasteiger charge is 1.92. The summed E-state index contributed by atoms with van der Waals surface area (Å²) in [7, 11) is 0. The third-order valence-electron chi connectivity index (χ3n) is 3.10. The van der Waals surface area contributed by atoms with Crippen molar-refractivity contribution < 1.29 is 10.8 Å². The van der Waals surface area contributed by atoms with Crippen LogP contribution in [0.2, 0.25) is 0 Å². The van der Waals surface area contributed by atoms with E-state index in [0.717, 1.165) is 6.54 Å². The second kappa shape index (κ2) is 19.5. The van der Waals surface area contributed by atoms with E-state index in [4.69, 9.17) is 15.3 Å². The molecule has 0 aliphatic heterocycles. The number of unbranched alkanes of at least 4 members (excludes halogenated alkanes) is 11. The predicted molar refractivity (Wildman–Crippen MR) is 79.2 cm³/mol. The number of quaternary nitrogens is 1. The quantitative estimate of drug-likeness (QED) is 0.334. The molecule has 0 aliphatic rings. The molecule has 3 N–H and O–H groups in total. The van der Waals surface area contributed by atoms with Gasteiger partial charge in [0.15, 0.2) is 0 Å².